The van der Waals surface area contributed by atoms with Crippen LogP contribution in [-0.4, -0.2) is 26.1 Å². The number of nitrogens with zero attached hydrogens (tertiary/aromatic N) is 1. The third-order valence-electron chi connectivity index (χ3n) is 4.01. The van der Waals surface area contributed by atoms with Crippen LogP contribution in [0, 0.1) is 0 Å². The van der Waals surface area contributed by atoms with Gasteiger partial charge in [-0.2, -0.15) is 0 Å². The van der Waals surface area contributed by atoms with Crippen LogP contribution in [0.4, 0.5) is 11.4 Å². The van der Waals surface area contributed by atoms with E-state index in [4.69, 9.17) is 4.74 Å². The van der Waals surface area contributed by atoms with E-state index in [9.17, 15) is 4.79 Å². The maximum Gasteiger partial charge on any atom is 0.259 e. The summed E-state index contributed by atoms with van der Waals surface area (Å²) in [5, 5.41) is 3.02. The molecule has 0 aromatic heterocycles. The number of amides is 1. The summed E-state index contributed by atoms with van der Waals surface area (Å²) in [4.78, 5) is 15.0. The lowest BCUT2D eigenvalue weighted by Gasteiger charge is -2.21. The summed E-state index contributed by atoms with van der Waals surface area (Å²) in [7, 11) is 1.57. The van der Waals surface area contributed by atoms with Gasteiger partial charge in [-0.15, -0.1) is 0 Å². The molecule has 3 rings (SSSR count). The van der Waals surface area contributed by atoms with E-state index >= 15 is 0 Å². The largest absolute Gasteiger partial charge is 0.496 e. The summed E-state index contributed by atoms with van der Waals surface area (Å²) >= 11 is 3.40. The van der Waals surface area contributed by atoms with Gasteiger partial charge in [0, 0.05) is 17.6 Å². The molecule has 0 saturated carbocycles. The van der Waals surface area contributed by atoms with Crippen molar-refractivity contribution in [3.05, 3.63) is 52.5 Å². The van der Waals surface area contributed by atoms with Gasteiger partial charge in [-0.3, -0.25) is 4.79 Å². The van der Waals surface area contributed by atoms with Crippen LogP contribution >= 0.6 is 15.9 Å². The quantitative estimate of drug-likeness (QED) is 0.866. The van der Waals surface area contributed by atoms with E-state index in [-0.39, 0.29) is 5.91 Å². The topological polar surface area (TPSA) is 41.6 Å². The van der Waals surface area contributed by atoms with Gasteiger partial charge in [0.25, 0.3) is 5.91 Å². The number of rotatable bonds is 4. The van der Waals surface area contributed by atoms with Crippen LogP contribution in [0.25, 0.3) is 0 Å². The van der Waals surface area contributed by atoms with Crippen molar-refractivity contribution in [3.8, 4) is 5.75 Å². The van der Waals surface area contributed by atoms with E-state index in [1.54, 1.807) is 19.2 Å². The molecule has 0 spiro atoms. The molecule has 0 atom stereocenters. The van der Waals surface area contributed by atoms with Crippen molar-refractivity contribution < 1.29 is 9.53 Å². The predicted octanol–water partition coefficient (Wildman–Crippen LogP) is 4.31. The number of hydrogen-bond donors (Lipinski definition) is 1. The minimum absolute atomic E-state index is 0.171. The second-order valence-corrected chi connectivity index (χ2v) is 6.43. The van der Waals surface area contributed by atoms with Gasteiger partial charge in [-0.05, 0) is 43.2 Å². The molecule has 1 amide bonds. The Hall–Kier alpha value is -2.01. The maximum atomic E-state index is 12.7. The van der Waals surface area contributed by atoms with Crippen LogP contribution in [-0.2, 0) is 0 Å². The molecule has 2 aromatic rings. The average Bonchev–Trinajstić information content (AvgIpc) is 3.09. The van der Waals surface area contributed by atoms with Crippen molar-refractivity contribution in [2.75, 3.05) is 30.4 Å². The molecule has 0 bridgehead atoms. The Bertz CT molecular complexity index is 712. The average molecular weight is 375 g/mol. The van der Waals surface area contributed by atoms with Crippen molar-refractivity contribution in [3.63, 3.8) is 0 Å². The highest BCUT2D eigenvalue weighted by Gasteiger charge is 2.18. The molecule has 1 aliphatic rings. The highest BCUT2D eigenvalue weighted by atomic mass is 79.9. The zero-order valence-corrected chi connectivity index (χ0v) is 14.6. The van der Waals surface area contributed by atoms with Crippen molar-refractivity contribution >= 4 is 33.2 Å². The van der Waals surface area contributed by atoms with Gasteiger partial charge in [0.1, 0.15) is 5.75 Å². The van der Waals surface area contributed by atoms with E-state index in [2.05, 4.69) is 32.2 Å². The number of nitrogens with one attached hydrogen (secondary N) is 1. The van der Waals surface area contributed by atoms with E-state index < -0.39 is 0 Å². The molecule has 2 aromatic carbocycles. The molecule has 1 aliphatic heterocycles. The number of anilines is 2. The molecule has 23 heavy (non-hydrogen) atoms. The summed E-state index contributed by atoms with van der Waals surface area (Å²) < 4.78 is 6.14. The van der Waals surface area contributed by atoms with Crippen LogP contribution in [0.3, 0.4) is 0 Å². The van der Waals surface area contributed by atoms with E-state index in [0.29, 0.717) is 11.3 Å². The van der Waals surface area contributed by atoms with Gasteiger partial charge in [-0.25, -0.2) is 0 Å². The predicted molar refractivity (Wildman–Crippen MR) is 96.5 cm³/mol. The molecule has 0 unspecified atom stereocenters. The minimum atomic E-state index is -0.171. The van der Waals surface area contributed by atoms with Crippen molar-refractivity contribution in [2.24, 2.45) is 0 Å². The lowest BCUT2D eigenvalue weighted by molar-refractivity contribution is 0.102. The maximum absolute atomic E-state index is 12.7. The molecule has 4 nitrogen and oxygen atoms in total. The van der Waals surface area contributed by atoms with Crippen molar-refractivity contribution in [1.29, 1.82) is 0 Å². The van der Waals surface area contributed by atoms with Gasteiger partial charge < -0.3 is 15.0 Å². The number of para-hydroxylation sites is 2. The first-order chi connectivity index (χ1) is 11.2. The van der Waals surface area contributed by atoms with Crippen LogP contribution in [0.2, 0.25) is 0 Å². The van der Waals surface area contributed by atoms with Crippen LogP contribution in [0.5, 0.6) is 5.75 Å². The normalized spacial score (nSPS) is 13.9. The van der Waals surface area contributed by atoms with Crippen LogP contribution < -0.4 is 15.0 Å². The molecule has 5 heteroatoms. The number of halogens is 1. The third kappa shape index (κ3) is 3.50. The Morgan fingerprint density at radius 2 is 1.91 bits per heavy atom. The molecular formula is C18H19BrN2O2. The minimum Gasteiger partial charge on any atom is -0.496 e. The lowest BCUT2D eigenvalue weighted by atomic mass is 10.1. The number of ether oxygens (including phenoxy) is 1. The van der Waals surface area contributed by atoms with Crippen LogP contribution in [0.15, 0.2) is 46.9 Å². The summed E-state index contributed by atoms with van der Waals surface area (Å²) in [6.07, 6.45) is 2.39. The zero-order valence-electron chi connectivity index (χ0n) is 13.0. The highest BCUT2D eigenvalue weighted by molar-refractivity contribution is 9.10. The molecule has 0 radical (unpaired) electrons. The van der Waals surface area contributed by atoms with Crippen molar-refractivity contribution in [2.45, 2.75) is 12.8 Å². The fourth-order valence-electron chi connectivity index (χ4n) is 2.86. The number of hydrogen-bond acceptors (Lipinski definition) is 3. The van der Waals surface area contributed by atoms with Gasteiger partial charge in [-0.1, -0.05) is 28.1 Å². The summed E-state index contributed by atoms with van der Waals surface area (Å²) in [5.74, 6) is 0.388. The number of benzene rings is 2. The second kappa shape index (κ2) is 7.04. The summed E-state index contributed by atoms with van der Waals surface area (Å²) in [6.45, 7) is 2.07. The molecule has 1 N–H and O–H groups in total. The second-order valence-electron chi connectivity index (χ2n) is 5.51. The Morgan fingerprint density at radius 3 is 2.65 bits per heavy atom. The lowest BCUT2D eigenvalue weighted by Crippen LogP contribution is -2.21. The number of methoxy groups -OCH3 is 1. The first-order valence-corrected chi connectivity index (χ1v) is 8.47. The molecule has 1 fully saturated rings. The Morgan fingerprint density at radius 1 is 1.17 bits per heavy atom. The fraction of sp³-hybridized carbons (Fsp3) is 0.278. The van der Waals surface area contributed by atoms with Gasteiger partial charge in [0.2, 0.25) is 0 Å². The van der Waals surface area contributed by atoms with Crippen molar-refractivity contribution in [1.82, 2.24) is 0 Å². The summed E-state index contributed by atoms with van der Waals surface area (Å²) in [5.41, 5.74) is 2.42. The van der Waals surface area contributed by atoms with Crippen LogP contribution in [0.1, 0.15) is 23.2 Å². The number of carbonyl (C=O) groups is 1. The van der Waals surface area contributed by atoms with E-state index in [0.717, 1.165) is 28.9 Å². The molecule has 0 aliphatic carbocycles. The zero-order chi connectivity index (χ0) is 16.2. The van der Waals surface area contributed by atoms with E-state index in [1.807, 2.05) is 24.3 Å². The SMILES string of the molecule is COc1ccc(Br)cc1C(=O)Nc1ccccc1N1CCCC1. The van der Waals surface area contributed by atoms with Gasteiger partial charge >= 0.3 is 0 Å². The van der Waals surface area contributed by atoms with Gasteiger partial charge in [0.15, 0.2) is 0 Å². The highest BCUT2D eigenvalue weighted by Crippen LogP contribution is 2.30. The molecule has 1 heterocycles. The third-order valence-corrected chi connectivity index (χ3v) is 4.50. The Kier molecular flexibility index (Phi) is 4.86. The molecular weight excluding hydrogens is 356 g/mol. The monoisotopic (exact) mass is 374 g/mol. The Balaban J connectivity index is 1.87. The van der Waals surface area contributed by atoms with E-state index in [1.165, 1.54) is 12.8 Å². The molecule has 120 valence electrons. The fourth-order valence-corrected chi connectivity index (χ4v) is 3.22. The van der Waals surface area contributed by atoms with Gasteiger partial charge in [0.05, 0.1) is 24.0 Å². The number of carbonyl (C=O) groups excluding carboxylic acids is 1. The Labute approximate surface area is 144 Å². The molecule has 1 saturated heterocycles. The first kappa shape index (κ1) is 15.9. The summed E-state index contributed by atoms with van der Waals surface area (Å²) in [6, 6.07) is 13.3. The first-order valence-electron chi connectivity index (χ1n) is 7.68. The smallest absolute Gasteiger partial charge is 0.259 e. The standard InChI is InChI=1S/C18H19BrN2O2/c1-23-17-9-8-13(19)12-14(17)18(22)20-15-6-2-3-7-16(15)21-10-4-5-11-21/h2-3,6-9,12H,4-5,10-11H2,1H3,(H,20,22).